The van der Waals surface area contributed by atoms with E-state index in [0.29, 0.717) is 0 Å². The molecule has 8 heteroatoms. The Balaban J connectivity index is 1.75. The van der Waals surface area contributed by atoms with Crippen molar-refractivity contribution in [2.24, 2.45) is 0 Å². The van der Waals surface area contributed by atoms with Crippen LogP contribution in [0, 0.1) is 3.57 Å². The first-order valence-corrected chi connectivity index (χ1v) is 11.7. The third kappa shape index (κ3) is 3.84. The van der Waals surface area contributed by atoms with Crippen LogP contribution in [0.15, 0.2) is 72.8 Å². The monoisotopic (exact) mass is 549 g/mol. The van der Waals surface area contributed by atoms with Gasteiger partial charge in [-0.1, -0.05) is 24.3 Å². The molecule has 0 saturated carbocycles. The first kappa shape index (κ1) is 21.4. The van der Waals surface area contributed by atoms with Gasteiger partial charge in [-0.2, -0.15) is 0 Å². The van der Waals surface area contributed by atoms with Crippen molar-refractivity contribution >= 4 is 68.9 Å². The fourth-order valence-electron chi connectivity index (χ4n) is 3.86. The normalized spacial score (nSPS) is 13.4. The number of pyridine rings is 3. The highest BCUT2D eigenvalue weighted by Crippen LogP contribution is 2.37. The number of aromatic nitrogens is 3. The fourth-order valence-corrected chi connectivity index (χ4v) is 4.95. The summed E-state index contributed by atoms with van der Waals surface area (Å²) in [6, 6.07) is 24.4. The van der Waals surface area contributed by atoms with Crippen LogP contribution in [0.4, 0.5) is 46.3 Å². The lowest BCUT2D eigenvalue weighted by molar-refractivity contribution is 1.01. The Bertz CT molecular complexity index is 1230. The number of anilines is 8. The Kier molecular flexibility index (Phi) is 5.53. The summed E-state index contributed by atoms with van der Waals surface area (Å²) in [4.78, 5) is 23.0. The average Bonchev–Trinajstić information content (AvgIpc) is 2.87. The summed E-state index contributed by atoms with van der Waals surface area (Å²) in [7, 11) is 8.06. The van der Waals surface area contributed by atoms with Gasteiger partial charge in [0.2, 0.25) is 0 Å². The van der Waals surface area contributed by atoms with Gasteiger partial charge in [0.1, 0.15) is 34.9 Å². The molecule has 166 valence electrons. The molecule has 0 atom stereocenters. The maximum absolute atomic E-state index is 4.94. The van der Waals surface area contributed by atoms with Crippen molar-refractivity contribution in [1.82, 2.24) is 15.0 Å². The summed E-state index contributed by atoms with van der Waals surface area (Å²) >= 11 is 2.41. The predicted octanol–water partition coefficient (Wildman–Crippen LogP) is 5.86. The van der Waals surface area contributed by atoms with Crippen molar-refractivity contribution in [2.45, 2.75) is 0 Å². The van der Waals surface area contributed by atoms with Gasteiger partial charge >= 0.3 is 0 Å². The van der Waals surface area contributed by atoms with Crippen molar-refractivity contribution in [3.63, 3.8) is 0 Å². The minimum atomic E-state index is 0.809. The van der Waals surface area contributed by atoms with Crippen molar-refractivity contribution in [2.75, 3.05) is 47.8 Å². The number of benzene rings is 1. The molecule has 0 unspecified atom stereocenters. The van der Waals surface area contributed by atoms with Gasteiger partial charge in [0.25, 0.3) is 0 Å². The number of fused-ring (bicyclic) bond motifs is 8. The van der Waals surface area contributed by atoms with Crippen LogP contribution in [0.25, 0.3) is 0 Å². The second-order valence-corrected chi connectivity index (χ2v) is 8.99. The van der Waals surface area contributed by atoms with Gasteiger partial charge in [0, 0.05) is 28.2 Å². The molecule has 3 aromatic heterocycles. The Morgan fingerprint density at radius 2 is 0.727 bits per heavy atom. The molecule has 0 fully saturated rings. The van der Waals surface area contributed by atoms with Crippen LogP contribution in [-0.4, -0.2) is 43.1 Å². The maximum atomic E-state index is 4.94. The van der Waals surface area contributed by atoms with Crippen LogP contribution in [0.1, 0.15) is 0 Å². The zero-order chi connectivity index (χ0) is 23.1. The van der Waals surface area contributed by atoms with E-state index in [-0.39, 0.29) is 0 Å². The highest BCUT2D eigenvalue weighted by Gasteiger charge is 2.19. The van der Waals surface area contributed by atoms with E-state index in [9.17, 15) is 0 Å². The Morgan fingerprint density at radius 3 is 1.06 bits per heavy atom. The number of hydrogen-bond donors (Lipinski definition) is 0. The van der Waals surface area contributed by atoms with Crippen molar-refractivity contribution in [3.05, 3.63) is 76.4 Å². The number of hydrogen-bond acceptors (Lipinski definition) is 7. The molecule has 4 aromatic rings. The molecule has 0 N–H and O–H groups in total. The molecule has 5 rings (SSSR count). The molecule has 7 nitrogen and oxygen atoms in total. The SMILES string of the molecule is CN1c2cccc(n2)N(C)c2cccc(n2)N(C)c2cccc(c2I)N(C)c2cccc1n2. The van der Waals surface area contributed by atoms with Gasteiger partial charge < -0.3 is 19.6 Å². The van der Waals surface area contributed by atoms with E-state index in [4.69, 9.17) is 15.0 Å². The second-order valence-electron chi connectivity index (χ2n) is 7.91. The van der Waals surface area contributed by atoms with Crippen LogP contribution >= 0.6 is 22.6 Å². The molecular weight excluding hydrogens is 525 g/mol. The van der Waals surface area contributed by atoms with Crippen LogP contribution in [0.3, 0.4) is 0 Å². The Hall–Kier alpha value is -3.40. The zero-order valence-corrected chi connectivity index (χ0v) is 21.1. The highest BCUT2D eigenvalue weighted by molar-refractivity contribution is 14.1. The van der Waals surface area contributed by atoms with E-state index in [1.54, 1.807) is 0 Å². The van der Waals surface area contributed by atoms with Crippen molar-refractivity contribution in [3.8, 4) is 0 Å². The molecular formula is C25H24IN7. The number of halogens is 1. The van der Waals surface area contributed by atoms with Gasteiger partial charge in [0.15, 0.2) is 0 Å². The number of nitrogens with zero attached hydrogens (tertiary/aromatic N) is 7. The van der Waals surface area contributed by atoms with E-state index in [1.165, 1.54) is 0 Å². The van der Waals surface area contributed by atoms with Crippen LogP contribution in [-0.2, 0) is 0 Å². The smallest absolute Gasteiger partial charge is 0.136 e. The zero-order valence-electron chi connectivity index (χ0n) is 18.9. The molecule has 1 aliphatic rings. The maximum Gasteiger partial charge on any atom is 0.136 e. The minimum Gasteiger partial charge on any atom is -0.328 e. The molecule has 0 spiro atoms. The lowest BCUT2D eigenvalue weighted by Crippen LogP contribution is -2.20. The van der Waals surface area contributed by atoms with Gasteiger partial charge in [-0.05, 0) is 71.1 Å². The lowest BCUT2D eigenvalue weighted by Gasteiger charge is -2.28. The Morgan fingerprint density at radius 1 is 0.455 bits per heavy atom. The summed E-state index contributed by atoms with van der Waals surface area (Å²) in [5.41, 5.74) is 2.15. The quantitative estimate of drug-likeness (QED) is 0.255. The molecule has 0 amide bonds. The first-order chi connectivity index (χ1) is 15.9. The number of rotatable bonds is 0. The van der Waals surface area contributed by atoms with E-state index < -0.39 is 0 Å². The first-order valence-electron chi connectivity index (χ1n) is 10.6. The van der Waals surface area contributed by atoms with Crippen molar-refractivity contribution < 1.29 is 0 Å². The summed E-state index contributed by atoms with van der Waals surface area (Å²) < 4.78 is 1.13. The second kappa shape index (κ2) is 8.51. The third-order valence-corrected chi connectivity index (χ3v) is 7.01. The minimum absolute atomic E-state index is 0.809. The van der Waals surface area contributed by atoms with Crippen molar-refractivity contribution in [1.29, 1.82) is 0 Å². The summed E-state index contributed by atoms with van der Waals surface area (Å²) in [6.07, 6.45) is 0. The van der Waals surface area contributed by atoms with Crippen LogP contribution in [0.2, 0.25) is 0 Å². The molecule has 0 radical (unpaired) electrons. The fraction of sp³-hybridized carbons (Fsp3) is 0.160. The lowest BCUT2D eigenvalue weighted by atomic mass is 10.2. The summed E-state index contributed by atoms with van der Waals surface area (Å²) in [5, 5.41) is 0. The summed E-state index contributed by atoms with van der Waals surface area (Å²) in [5.74, 6) is 4.98. The van der Waals surface area contributed by atoms with E-state index in [1.807, 2.05) is 92.6 Å². The Labute approximate surface area is 207 Å². The van der Waals surface area contributed by atoms with E-state index in [2.05, 4.69) is 50.6 Å². The van der Waals surface area contributed by atoms with Gasteiger partial charge in [-0.25, -0.2) is 15.0 Å². The van der Waals surface area contributed by atoms with E-state index >= 15 is 0 Å². The molecule has 1 aliphatic heterocycles. The van der Waals surface area contributed by atoms with E-state index in [0.717, 1.165) is 49.9 Å². The molecule has 0 aliphatic carbocycles. The largest absolute Gasteiger partial charge is 0.328 e. The standard InChI is InChI=1S/C25H24IN7/c1-30-17-9-5-10-18(25(17)26)31(2)20-12-7-14-22(28-20)33(4)24-16-8-15-23(29-24)32(3)21-13-6-11-19(30)27-21/h5-16H,1-4H3. The van der Waals surface area contributed by atoms with Crippen LogP contribution in [0.5, 0.6) is 0 Å². The highest BCUT2D eigenvalue weighted by atomic mass is 127. The molecule has 4 heterocycles. The van der Waals surface area contributed by atoms with Gasteiger partial charge in [-0.15, -0.1) is 0 Å². The average molecular weight is 549 g/mol. The topological polar surface area (TPSA) is 51.6 Å². The molecule has 8 bridgehead atoms. The van der Waals surface area contributed by atoms with Gasteiger partial charge in [0.05, 0.1) is 14.9 Å². The molecule has 33 heavy (non-hydrogen) atoms. The van der Waals surface area contributed by atoms with Gasteiger partial charge in [-0.3, -0.25) is 0 Å². The predicted molar refractivity (Wildman–Crippen MR) is 144 cm³/mol. The van der Waals surface area contributed by atoms with Crippen LogP contribution < -0.4 is 19.6 Å². The molecule has 0 saturated heterocycles. The third-order valence-electron chi connectivity index (χ3n) is 5.90. The molecule has 1 aromatic carbocycles. The summed E-state index contributed by atoms with van der Waals surface area (Å²) in [6.45, 7) is 0.